The molecular weight excluding hydrogens is 310 g/mol. The van der Waals surface area contributed by atoms with Crippen LogP contribution in [0.25, 0.3) is 11.1 Å². The molecule has 2 aromatic rings. The van der Waals surface area contributed by atoms with E-state index < -0.39 is 28.1 Å². The molecule has 0 aliphatic carbocycles. The average molecular weight is 324 g/mol. The van der Waals surface area contributed by atoms with Gasteiger partial charge in [-0.1, -0.05) is 13.8 Å². The van der Waals surface area contributed by atoms with Gasteiger partial charge in [0, 0.05) is 30.1 Å². The SMILES string of the molecule is CC.O=C(O)C(F)(F)c1cc(-c2ccncc2)cc([N+](=O)[O-])c1. The molecule has 0 spiro atoms. The number of carboxylic acids is 1. The molecule has 0 saturated carbocycles. The Bertz CT molecular complexity index is 706. The van der Waals surface area contributed by atoms with Crippen molar-refractivity contribution in [1.82, 2.24) is 4.98 Å². The molecule has 0 radical (unpaired) electrons. The molecule has 2 rings (SSSR count). The Labute approximate surface area is 130 Å². The summed E-state index contributed by atoms with van der Waals surface area (Å²) >= 11 is 0. The molecule has 1 aromatic heterocycles. The first-order valence-electron chi connectivity index (χ1n) is 6.64. The molecule has 0 amide bonds. The fourth-order valence-corrected chi connectivity index (χ4v) is 1.73. The van der Waals surface area contributed by atoms with Crippen LogP contribution in [0.3, 0.4) is 0 Å². The summed E-state index contributed by atoms with van der Waals surface area (Å²) in [6, 6.07) is 5.51. The highest BCUT2D eigenvalue weighted by atomic mass is 19.3. The number of benzene rings is 1. The van der Waals surface area contributed by atoms with Gasteiger partial charge in [0.15, 0.2) is 0 Å². The van der Waals surface area contributed by atoms with Crippen LogP contribution in [0.2, 0.25) is 0 Å². The lowest BCUT2D eigenvalue weighted by atomic mass is 10.00. The van der Waals surface area contributed by atoms with Gasteiger partial charge in [0.2, 0.25) is 0 Å². The first kappa shape index (κ1) is 18.1. The summed E-state index contributed by atoms with van der Waals surface area (Å²) in [5.41, 5.74) is -1.03. The molecule has 1 heterocycles. The minimum absolute atomic E-state index is 0.113. The third-order valence-electron chi connectivity index (χ3n) is 2.77. The fraction of sp³-hybridized carbons (Fsp3) is 0.200. The Morgan fingerprint density at radius 2 is 1.74 bits per heavy atom. The van der Waals surface area contributed by atoms with Gasteiger partial charge in [-0.3, -0.25) is 15.1 Å². The minimum Gasteiger partial charge on any atom is -0.477 e. The number of carbonyl (C=O) groups is 1. The summed E-state index contributed by atoms with van der Waals surface area (Å²) in [6.45, 7) is 4.00. The first-order chi connectivity index (χ1) is 10.8. The quantitative estimate of drug-likeness (QED) is 0.681. The van der Waals surface area contributed by atoms with Crippen LogP contribution in [0.4, 0.5) is 14.5 Å². The molecule has 6 nitrogen and oxygen atoms in total. The molecule has 0 saturated heterocycles. The Balaban J connectivity index is 0.00000127. The normalized spacial score (nSPS) is 10.4. The number of nitrogens with zero attached hydrogens (tertiary/aromatic N) is 2. The van der Waals surface area contributed by atoms with E-state index in [0.717, 1.165) is 12.1 Å². The summed E-state index contributed by atoms with van der Waals surface area (Å²) in [5, 5.41) is 19.4. The molecule has 23 heavy (non-hydrogen) atoms. The molecule has 0 atom stereocenters. The lowest BCUT2D eigenvalue weighted by Crippen LogP contribution is -2.25. The maximum absolute atomic E-state index is 13.6. The molecule has 1 N–H and O–H groups in total. The van der Waals surface area contributed by atoms with Crippen molar-refractivity contribution < 1.29 is 23.6 Å². The number of hydrogen-bond acceptors (Lipinski definition) is 4. The van der Waals surface area contributed by atoms with E-state index in [4.69, 9.17) is 5.11 Å². The number of carboxylic acid groups (broad SMARTS) is 1. The van der Waals surface area contributed by atoms with Crippen molar-refractivity contribution >= 4 is 11.7 Å². The first-order valence-corrected chi connectivity index (χ1v) is 6.64. The van der Waals surface area contributed by atoms with E-state index in [1.54, 1.807) is 0 Å². The van der Waals surface area contributed by atoms with Gasteiger partial charge in [0.05, 0.1) is 4.92 Å². The number of aromatic nitrogens is 1. The van der Waals surface area contributed by atoms with Crippen LogP contribution in [0.1, 0.15) is 19.4 Å². The van der Waals surface area contributed by atoms with Crippen LogP contribution in [-0.4, -0.2) is 21.0 Å². The van der Waals surface area contributed by atoms with E-state index in [9.17, 15) is 23.7 Å². The lowest BCUT2D eigenvalue weighted by molar-refractivity contribution is -0.385. The van der Waals surface area contributed by atoms with E-state index in [1.165, 1.54) is 24.5 Å². The third kappa shape index (κ3) is 4.06. The van der Waals surface area contributed by atoms with Crippen LogP contribution in [-0.2, 0) is 10.7 Å². The second-order valence-corrected chi connectivity index (χ2v) is 4.14. The van der Waals surface area contributed by atoms with E-state index in [-0.39, 0.29) is 5.56 Å². The van der Waals surface area contributed by atoms with Gasteiger partial charge in [-0.2, -0.15) is 8.78 Å². The smallest absolute Gasteiger partial charge is 0.379 e. The Morgan fingerprint density at radius 3 is 2.22 bits per heavy atom. The maximum atomic E-state index is 13.6. The number of alkyl halides is 2. The van der Waals surface area contributed by atoms with E-state index >= 15 is 0 Å². The number of hydrogen-bond donors (Lipinski definition) is 1. The Kier molecular flexibility index (Phi) is 5.83. The highest BCUT2D eigenvalue weighted by Gasteiger charge is 2.42. The minimum atomic E-state index is -4.21. The molecule has 0 aliphatic rings. The van der Waals surface area contributed by atoms with Crippen LogP contribution < -0.4 is 0 Å². The van der Waals surface area contributed by atoms with Crippen molar-refractivity contribution in [1.29, 1.82) is 0 Å². The molecule has 0 fully saturated rings. The number of pyridine rings is 1. The topological polar surface area (TPSA) is 93.3 Å². The van der Waals surface area contributed by atoms with Crippen LogP contribution in [0, 0.1) is 10.1 Å². The number of nitro groups is 1. The van der Waals surface area contributed by atoms with E-state index in [2.05, 4.69) is 4.98 Å². The zero-order valence-electron chi connectivity index (χ0n) is 12.4. The average Bonchev–Trinajstić information content (AvgIpc) is 2.56. The van der Waals surface area contributed by atoms with Gasteiger partial charge in [0.25, 0.3) is 5.69 Å². The number of halogens is 2. The fourth-order valence-electron chi connectivity index (χ4n) is 1.73. The zero-order valence-corrected chi connectivity index (χ0v) is 12.4. The van der Waals surface area contributed by atoms with Crippen LogP contribution in [0.5, 0.6) is 0 Å². The Morgan fingerprint density at radius 1 is 1.17 bits per heavy atom. The molecule has 8 heteroatoms. The van der Waals surface area contributed by atoms with Crippen molar-refractivity contribution in [3.8, 4) is 11.1 Å². The molecule has 1 aromatic carbocycles. The van der Waals surface area contributed by atoms with Gasteiger partial charge in [-0.15, -0.1) is 0 Å². The lowest BCUT2D eigenvalue weighted by Gasteiger charge is -2.13. The molecular formula is C15H14F2N2O4. The van der Waals surface area contributed by atoms with Gasteiger partial charge in [-0.05, 0) is 29.3 Å². The van der Waals surface area contributed by atoms with E-state index in [1.807, 2.05) is 13.8 Å². The number of rotatable bonds is 4. The van der Waals surface area contributed by atoms with Crippen LogP contribution >= 0.6 is 0 Å². The highest BCUT2D eigenvalue weighted by molar-refractivity contribution is 5.79. The van der Waals surface area contributed by atoms with Crippen LogP contribution in [0.15, 0.2) is 42.7 Å². The predicted octanol–water partition coefficient (Wildman–Crippen LogP) is 3.86. The van der Waals surface area contributed by atoms with Crippen molar-refractivity contribution in [2.45, 2.75) is 19.8 Å². The largest absolute Gasteiger partial charge is 0.477 e. The Hall–Kier alpha value is -2.90. The monoisotopic (exact) mass is 324 g/mol. The molecule has 0 unspecified atom stereocenters. The van der Waals surface area contributed by atoms with Gasteiger partial charge < -0.3 is 5.11 Å². The standard InChI is InChI=1S/C13H8F2N2O4.C2H6/c14-13(15,12(18)19)10-5-9(6-11(7-10)17(20)21)8-1-3-16-4-2-8;1-2/h1-7H,(H,18,19);1-2H3. The summed E-state index contributed by atoms with van der Waals surface area (Å²) in [7, 11) is 0. The summed E-state index contributed by atoms with van der Waals surface area (Å²) in [6.07, 6.45) is 2.78. The summed E-state index contributed by atoms with van der Waals surface area (Å²) in [4.78, 5) is 24.4. The predicted molar refractivity (Wildman–Crippen MR) is 79.2 cm³/mol. The number of non-ortho nitro benzene ring substituents is 1. The number of aliphatic carboxylic acids is 1. The van der Waals surface area contributed by atoms with E-state index in [0.29, 0.717) is 11.6 Å². The van der Waals surface area contributed by atoms with Crippen molar-refractivity contribution in [3.05, 3.63) is 58.4 Å². The van der Waals surface area contributed by atoms with Crippen molar-refractivity contribution in [2.24, 2.45) is 0 Å². The molecule has 0 bridgehead atoms. The highest BCUT2D eigenvalue weighted by Crippen LogP contribution is 2.34. The molecule has 122 valence electrons. The third-order valence-corrected chi connectivity index (χ3v) is 2.77. The van der Waals surface area contributed by atoms with Crippen molar-refractivity contribution in [3.63, 3.8) is 0 Å². The summed E-state index contributed by atoms with van der Waals surface area (Å²) < 4.78 is 27.2. The second-order valence-electron chi connectivity index (χ2n) is 4.14. The van der Waals surface area contributed by atoms with Gasteiger partial charge in [-0.25, -0.2) is 4.79 Å². The second kappa shape index (κ2) is 7.39. The zero-order chi connectivity index (χ0) is 17.6. The van der Waals surface area contributed by atoms with Gasteiger partial charge >= 0.3 is 11.9 Å². The number of nitro benzene ring substituents is 1. The maximum Gasteiger partial charge on any atom is 0.379 e. The summed E-state index contributed by atoms with van der Waals surface area (Å²) in [5.74, 6) is -6.59. The molecule has 0 aliphatic heterocycles. The van der Waals surface area contributed by atoms with Gasteiger partial charge in [0.1, 0.15) is 0 Å². The van der Waals surface area contributed by atoms with Crippen molar-refractivity contribution in [2.75, 3.05) is 0 Å².